The third-order valence-electron chi connectivity index (χ3n) is 6.43. The molecule has 1 unspecified atom stereocenters. The molecule has 4 rings (SSSR count). The Hall–Kier alpha value is -4.18. The van der Waals surface area contributed by atoms with Gasteiger partial charge in [0.25, 0.3) is 5.91 Å². The summed E-state index contributed by atoms with van der Waals surface area (Å²) in [6.07, 6.45) is 1.64. The lowest BCUT2D eigenvalue weighted by molar-refractivity contribution is 0.0920. The van der Waals surface area contributed by atoms with Gasteiger partial charge in [0.2, 0.25) is 0 Å². The van der Waals surface area contributed by atoms with Crippen LogP contribution in [0.2, 0.25) is 0 Å². The number of nitrogens with two attached hydrogens (primary N) is 1. The average Bonchev–Trinajstić information content (AvgIpc) is 2.91. The van der Waals surface area contributed by atoms with Crippen LogP contribution in [0, 0.1) is 11.3 Å². The normalized spacial score (nSPS) is 12.5. The van der Waals surface area contributed by atoms with Gasteiger partial charge in [0.15, 0.2) is 0 Å². The maximum absolute atomic E-state index is 13.2. The van der Waals surface area contributed by atoms with Gasteiger partial charge < -0.3 is 11.1 Å². The Labute approximate surface area is 207 Å². The fraction of sp³-hybridized carbons (Fsp3) is 0.161. The summed E-state index contributed by atoms with van der Waals surface area (Å²) in [5, 5.41) is 11.1. The van der Waals surface area contributed by atoms with Crippen molar-refractivity contribution in [2.45, 2.75) is 25.8 Å². The lowest BCUT2D eigenvalue weighted by Crippen LogP contribution is -2.34. The number of nitrogen functional groups attached to an aromatic ring is 1. The first-order chi connectivity index (χ1) is 17.0. The molecule has 0 radical (unpaired) electrons. The zero-order valence-corrected chi connectivity index (χ0v) is 19.9. The SMILES string of the molecule is CC[C@H](Cc1cccc(C(=N)N)c1)C(NC(=O)c1ccccc1)c1ccc(-c2ccccc2)cc1. The Morgan fingerprint density at radius 1 is 0.800 bits per heavy atom. The molecule has 0 saturated heterocycles. The zero-order valence-electron chi connectivity index (χ0n) is 19.9. The Morgan fingerprint density at radius 3 is 2.03 bits per heavy atom. The summed E-state index contributed by atoms with van der Waals surface area (Å²) in [6, 6.07) is 35.7. The minimum Gasteiger partial charge on any atom is -0.384 e. The second-order valence-electron chi connectivity index (χ2n) is 8.79. The smallest absolute Gasteiger partial charge is 0.251 e. The van der Waals surface area contributed by atoms with Crippen molar-refractivity contribution < 1.29 is 4.79 Å². The molecular weight excluding hydrogens is 430 g/mol. The van der Waals surface area contributed by atoms with Crippen molar-refractivity contribution in [2.75, 3.05) is 0 Å². The second kappa shape index (κ2) is 11.3. The highest BCUT2D eigenvalue weighted by atomic mass is 16.1. The van der Waals surface area contributed by atoms with Gasteiger partial charge >= 0.3 is 0 Å². The predicted molar refractivity (Wildman–Crippen MR) is 143 cm³/mol. The monoisotopic (exact) mass is 461 g/mol. The van der Waals surface area contributed by atoms with E-state index in [9.17, 15) is 4.79 Å². The molecule has 176 valence electrons. The van der Waals surface area contributed by atoms with E-state index in [0.717, 1.165) is 40.7 Å². The van der Waals surface area contributed by atoms with E-state index in [0.29, 0.717) is 5.56 Å². The quantitative estimate of drug-likeness (QED) is 0.200. The minimum absolute atomic E-state index is 0.0605. The van der Waals surface area contributed by atoms with Crippen LogP contribution in [0.1, 0.15) is 46.4 Å². The Morgan fingerprint density at radius 2 is 1.40 bits per heavy atom. The van der Waals surface area contributed by atoms with Gasteiger partial charge in [-0.15, -0.1) is 0 Å². The van der Waals surface area contributed by atoms with Crippen LogP contribution in [0.4, 0.5) is 0 Å². The van der Waals surface area contributed by atoms with Gasteiger partial charge in [-0.05, 0) is 52.8 Å². The number of carbonyl (C=O) groups is 1. The fourth-order valence-corrected chi connectivity index (χ4v) is 4.47. The number of benzene rings is 4. The van der Waals surface area contributed by atoms with E-state index in [-0.39, 0.29) is 23.7 Å². The van der Waals surface area contributed by atoms with Crippen LogP contribution in [0.15, 0.2) is 109 Å². The number of hydrogen-bond acceptors (Lipinski definition) is 2. The van der Waals surface area contributed by atoms with Crippen molar-refractivity contribution in [1.82, 2.24) is 5.32 Å². The summed E-state index contributed by atoms with van der Waals surface area (Å²) in [7, 11) is 0. The number of amides is 1. The number of carbonyl (C=O) groups excluding carboxylic acids is 1. The Bertz CT molecular complexity index is 1270. The standard InChI is InChI=1S/C31H31N3O/c1-2-23(20-22-10-9-15-28(21-22)30(32)33)29(34-31(35)27-13-7-4-8-14-27)26-18-16-25(17-19-26)24-11-5-3-6-12-24/h3-19,21,23,29H,2,20H2,1H3,(H3,32,33)(H,34,35)/t23-,29?/m1/s1. The molecule has 0 heterocycles. The third-order valence-corrected chi connectivity index (χ3v) is 6.43. The van der Waals surface area contributed by atoms with Gasteiger partial charge in [0, 0.05) is 11.1 Å². The summed E-state index contributed by atoms with van der Waals surface area (Å²) in [5.41, 5.74) is 11.6. The van der Waals surface area contributed by atoms with Crippen LogP contribution < -0.4 is 11.1 Å². The topological polar surface area (TPSA) is 79.0 Å². The summed E-state index contributed by atoms with van der Waals surface area (Å²) in [5.74, 6) is 0.136. The Kier molecular flexibility index (Phi) is 7.74. The molecule has 4 N–H and O–H groups in total. The molecule has 0 spiro atoms. The van der Waals surface area contributed by atoms with Crippen molar-refractivity contribution in [3.05, 3.63) is 131 Å². The molecule has 4 heteroatoms. The second-order valence-corrected chi connectivity index (χ2v) is 8.79. The minimum atomic E-state index is -0.168. The molecule has 0 fully saturated rings. The summed E-state index contributed by atoms with van der Waals surface area (Å²) >= 11 is 0. The maximum Gasteiger partial charge on any atom is 0.251 e. The Balaban J connectivity index is 1.65. The lowest BCUT2D eigenvalue weighted by Gasteiger charge is -2.28. The molecule has 0 aliphatic heterocycles. The number of nitrogens with one attached hydrogen (secondary N) is 2. The van der Waals surface area contributed by atoms with Gasteiger partial charge in [-0.25, -0.2) is 0 Å². The van der Waals surface area contributed by atoms with Crippen molar-refractivity contribution in [3.8, 4) is 11.1 Å². The van der Waals surface area contributed by atoms with E-state index in [1.807, 2.05) is 66.7 Å². The summed E-state index contributed by atoms with van der Waals surface area (Å²) < 4.78 is 0. The van der Waals surface area contributed by atoms with Gasteiger partial charge in [-0.2, -0.15) is 0 Å². The van der Waals surface area contributed by atoms with Crippen molar-refractivity contribution in [3.63, 3.8) is 0 Å². The zero-order chi connectivity index (χ0) is 24.6. The predicted octanol–water partition coefficient (Wildman–Crippen LogP) is 6.38. The van der Waals surface area contributed by atoms with Crippen LogP contribution in [-0.4, -0.2) is 11.7 Å². The first-order valence-electron chi connectivity index (χ1n) is 12.0. The van der Waals surface area contributed by atoms with Gasteiger partial charge in [-0.1, -0.05) is 104 Å². The average molecular weight is 462 g/mol. The van der Waals surface area contributed by atoms with E-state index >= 15 is 0 Å². The summed E-state index contributed by atoms with van der Waals surface area (Å²) in [6.45, 7) is 2.15. The molecule has 2 atom stereocenters. The van der Waals surface area contributed by atoms with Crippen LogP contribution >= 0.6 is 0 Å². The summed E-state index contributed by atoms with van der Waals surface area (Å²) in [4.78, 5) is 13.2. The first kappa shape index (κ1) is 24.0. The number of hydrogen-bond donors (Lipinski definition) is 3. The number of rotatable bonds is 9. The van der Waals surface area contributed by atoms with Gasteiger partial charge in [0.1, 0.15) is 5.84 Å². The molecule has 0 saturated carbocycles. The molecule has 0 aromatic heterocycles. The molecule has 4 aromatic carbocycles. The van der Waals surface area contributed by atoms with Crippen molar-refractivity contribution in [1.29, 1.82) is 5.41 Å². The third kappa shape index (κ3) is 6.04. The highest BCUT2D eigenvalue weighted by Crippen LogP contribution is 2.30. The van der Waals surface area contributed by atoms with Crippen molar-refractivity contribution in [2.24, 2.45) is 11.7 Å². The molecule has 4 aromatic rings. The molecule has 0 bridgehead atoms. The maximum atomic E-state index is 13.2. The molecule has 0 aliphatic carbocycles. The highest BCUT2D eigenvalue weighted by Gasteiger charge is 2.25. The van der Waals surface area contributed by atoms with Crippen LogP contribution in [0.3, 0.4) is 0 Å². The van der Waals surface area contributed by atoms with E-state index in [1.165, 1.54) is 0 Å². The van der Waals surface area contributed by atoms with Gasteiger partial charge in [-0.3, -0.25) is 10.2 Å². The van der Waals surface area contributed by atoms with E-state index in [2.05, 4.69) is 54.7 Å². The van der Waals surface area contributed by atoms with Gasteiger partial charge in [0.05, 0.1) is 6.04 Å². The number of amidine groups is 1. The molecular formula is C31H31N3O. The molecule has 4 nitrogen and oxygen atoms in total. The van der Waals surface area contributed by atoms with E-state index in [4.69, 9.17) is 11.1 Å². The van der Waals surface area contributed by atoms with E-state index < -0.39 is 0 Å². The first-order valence-corrected chi connectivity index (χ1v) is 12.0. The largest absolute Gasteiger partial charge is 0.384 e. The fourth-order valence-electron chi connectivity index (χ4n) is 4.47. The van der Waals surface area contributed by atoms with Crippen molar-refractivity contribution >= 4 is 11.7 Å². The molecule has 1 amide bonds. The van der Waals surface area contributed by atoms with Crippen LogP contribution in [-0.2, 0) is 6.42 Å². The van der Waals surface area contributed by atoms with E-state index in [1.54, 1.807) is 0 Å². The van der Waals surface area contributed by atoms with Crippen LogP contribution in [0.25, 0.3) is 11.1 Å². The lowest BCUT2D eigenvalue weighted by atomic mass is 9.84. The van der Waals surface area contributed by atoms with Crippen LogP contribution in [0.5, 0.6) is 0 Å². The molecule has 0 aliphatic rings. The highest BCUT2D eigenvalue weighted by molar-refractivity contribution is 5.95. The molecule has 35 heavy (non-hydrogen) atoms.